The summed E-state index contributed by atoms with van der Waals surface area (Å²) in [4.78, 5) is 4.66. The molecule has 1 fully saturated rings. The van der Waals surface area contributed by atoms with Crippen LogP contribution in [0, 0.1) is 0 Å². The van der Waals surface area contributed by atoms with E-state index in [1.807, 2.05) is 0 Å². The van der Waals surface area contributed by atoms with Crippen molar-refractivity contribution in [1.82, 2.24) is 10.6 Å². The van der Waals surface area contributed by atoms with Crippen molar-refractivity contribution in [3.8, 4) is 0 Å². The van der Waals surface area contributed by atoms with E-state index < -0.39 is 0 Å². The standard InChI is InChI=1S/C21H35N3O2.HI/c1-3-22-21(23-14-8-15-25-17-20-11-7-16-26-20)24-18(2)12-13-19-9-5-4-6-10-19;/h4-6,9-10,18,20H,3,7-8,11-17H2,1-2H3,(H2,22,23,24);1H. The van der Waals surface area contributed by atoms with Crippen LogP contribution in [0.2, 0.25) is 0 Å². The van der Waals surface area contributed by atoms with Crippen molar-refractivity contribution in [2.45, 2.75) is 58.1 Å². The molecule has 5 nitrogen and oxygen atoms in total. The number of halogens is 1. The molecule has 0 saturated carbocycles. The van der Waals surface area contributed by atoms with Crippen LogP contribution in [-0.2, 0) is 15.9 Å². The second-order valence-corrected chi connectivity index (χ2v) is 6.89. The number of rotatable bonds is 11. The first-order valence-electron chi connectivity index (χ1n) is 10.1. The smallest absolute Gasteiger partial charge is 0.191 e. The Bertz CT molecular complexity index is 507. The highest BCUT2D eigenvalue weighted by molar-refractivity contribution is 14.0. The van der Waals surface area contributed by atoms with E-state index in [4.69, 9.17) is 9.47 Å². The summed E-state index contributed by atoms with van der Waals surface area (Å²) in [6, 6.07) is 11.0. The Labute approximate surface area is 181 Å². The number of benzene rings is 1. The molecule has 1 aliphatic heterocycles. The highest BCUT2D eigenvalue weighted by atomic mass is 127. The quantitative estimate of drug-likeness (QED) is 0.215. The molecule has 154 valence electrons. The summed E-state index contributed by atoms with van der Waals surface area (Å²) in [5.74, 6) is 0.896. The van der Waals surface area contributed by atoms with Crippen LogP contribution in [0.25, 0.3) is 0 Å². The van der Waals surface area contributed by atoms with Crippen LogP contribution in [0.15, 0.2) is 35.3 Å². The minimum Gasteiger partial charge on any atom is -0.379 e. The Balaban J connectivity index is 0.00000364. The number of guanidine groups is 1. The number of nitrogens with zero attached hydrogens (tertiary/aromatic N) is 1. The summed E-state index contributed by atoms with van der Waals surface area (Å²) in [7, 11) is 0. The minimum atomic E-state index is 0. The summed E-state index contributed by atoms with van der Waals surface area (Å²) in [5.41, 5.74) is 1.38. The van der Waals surface area contributed by atoms with Crippen LogP contribution in [0.3, 0.4) is 0 Å². The van der Waals surface area contributed by atoms with Crippen molar-refractivity contribution < 1.29 is 9.47 Å². The fourth-order valence-electron chi connectivity index (χ4n) is 3.00. The van der Waals surface area contributed by atoms with E-state index in [2.05, 4.69) is 59.8 Å². The van der Waals surface area contributed by atoms with Crippen LogP contribution >= 0.6 is 24.0 Å². The van der Waals surface area contributed by atoms with Crippen molar-refractivity contribution in [2.24, 2.45) is 4.99 Å². The van der Waals surface area contributed by atoms with E-state index in [1.54, 1.807) is 0 Å². The molecule has 2 atom stereocenters. The molecule has 1 saturated heterocycles. The molecule has 0 aliphatic carbocycles. The Morgan fingerprint density at radius 1 is 1.33 bits per heavy atom. The molecule has 1 heterocycles. The lowest BCUT2D eigenvalue weighted by Gasteiger charge is -2.18. The largest absolute Gasteiger partial charge is 0.379 e. The number of aliphatic imine (C=N–C) groups is 1. The predicted molar refractivity (Wildman–Crippen MR) is 123 cm³/mol. The highest BCUT2D eigenvalue weighted by Gasteiger charge is 2.14. The van der Waals surface area contributed by atoms with Gasteiger partial charge in [0.2, 0.25) is 0 Å². The molecule has 0 amide bonds. The minimum absolute atomic E-state index is 0. The summed E-state index contributed by atoms with van der Waals surface area (Å²) in [6.45, 7) is 8.29. The van der Waals surface area contributed by atoms with Crippen molar-refractivity contribution in [3.63, 3.8) is 0 Å². The van der Waals surface area contributed by atoms with Crippen molar-refractivity contribution in [2.75, 3.05) is 32.9 Å². The molecular formula is C21H36IN3O2. The van der Waals surface area contributed by atoms with Crippen LogP contribution in [0.1, 0.15) is 45.1 Å². The predicted octanol–water partition coefficient (Wildman–Crippen LogP) is 3.77. The van der Waals surface area contributed by atoms with Crippen molar-refractivity contribution >= 4 is 29.9 Å². The van der Waals surface area contributed by atoms with Gasteiger partial charge in [-0.1, -0.05) is 30.3 Å². The van der Waals surface area contributed by atoms with E-state index in [0.717, 1.165) is 64.6 Å². The molecule has 1 aromatic carbocycles. The Morgan fingerprint density at radius 2 is 2.15 bits per heavy atom. The number of aryl methyl sites for hydroxylation is 1. The maximum absolute atomic E-state index is 5.69. The van der Waals surface area contributed by atoms with Gasteiger partial charge < -0.3 is 20.1 Å². The Hall–Kier alpha value is -0.860. The molecule has 0 radical (unpaired) electrons. The maximum Gasteiger partial charge on any atom is 0.191 e. The summed E-state index contributed by atoms with van der Waals surface area (Å²) in [5, 5.41) is 6.83. The second-order valence-electron chi connectivity index (χ2n) is 6.89. The van der Waals surface area contributed by atoms with Gasteiger partial charge in [0, 0.05) is 32.3 Å². The third-order valence-corrected chi connectivity index (χ3v) is 4.48. The molecular weight excluding hydrogens is 453 g/mol. The first-order chi connectivity index (χ1) is 12.8. The van der Waals surface area contributed by atoms with E-state index >= 15 is 0 Å². The zero-order chi connectivity index (χ0) is 18.5. The van der Waals surface area contributed by atoms with Crippen LogP contribution in [0.4, 0.5) is 0 Å². The van der Waals surface area contributed by atoms with Gasteiger partial charge in [-0.3, -0.25) is 4.99 Å². The monoisotopic (exact) mass is 489 g/mol. The van der Waals surface area contributed by atoms with Crippen molar-refractivity contribution in [3.05, 3.63) is 35.9 Å². The van der Waals surface area contributed by atoms with Gasteiger partial charge in [-0.25, -0.2) is 0 Å². The van der Waals surface area contributed by atoms with Gasteiger partial charge in [-0.2, -0.15) is 0 Å². The molecule has 27 heavy (non-hydrogen) atoms. The zero-order valence-electron chi connectivity index (χ0n) is 16.8. The van der Waals surface area contributed by atoms with Gasteiger partial charge in [0.1, 0.15) is 0 Å². The van der Waals surface area contributed by atoms with Gasteiger partial charge >= 0.3 is 0 Å². The molecule has 2 rings (SSSR count). The van der Waals surface area contributed by atoms with Gasteiger partial charge in [-0.15, -0.1) is 24.0 Å². The number of hydrogen-bond donors (Lipinski definition) is 2. The third kappa shape index (κ3) is 10.9. The lowest BCUT2D eigenvalue weighted by Crippen LogP contribution is -2.42. The fourth-order valence-corrected chi connectivity index (χ4v) is 3.00. The number of hydrogen-bond acceptors (Lipinski definition) is 3. The van der Waals surface area contributed by atoms with E-state index in [0.29, 0.717) is 12.1 Å². The summed E-state index contributed by atoms with van der Waals surface area (Å²) in [6.07, 6.45) is 5.70. The van der Waals surface area contributed by atoms with Crippen LogP contribution < -0.4 is 10.6 Å². The lowest BCUT2D eigenvalue weighted by molar-refractivity contribution is 0.0171. The highest BCUT2D eigenvalue weighted by Crippen LogP contribution is 2.11. The Kier molecular flexibility index (Phi) is 13.5. The zero-order valence-corrected chi connectivity index (χ0v) is 19.1. The SMILES string of the molecule is CCNC(=NCCCOCC1CCCO1)NC(C)CCc1ccccc1.I. The average molecular weight is 489 g/mol. The molecule has 6 heteroatoms. The van der Waals surface area contributed by atoms with E-state index in [9.17, 15) is 0 Å². The molecule has 0 spiro atoms. The lowest BCUT2D eigenvalue weighted by atomic mass is 10.1. The van der Waals surface area contributed by atoms with Crippen LogP contribution in [-0.4, -0.2) is 51.0 Å². The molecule has 2 N–H and O–H groups in total. The van der Waals surface area contributed by atoms with Crippen molar-refractivity contribution in [1.29, 1.82) is 0 Å². The van der Waals surface area contributed by atoms with Gasteiger partial charge in [-0.05, 0) is 51.5 Å². The molecule has 1 aromatic rings. The average Bonchev–Trinajstić information content (AvgIpc) is 3.17. The first-order valence-corrected chi connectivity index (χ1v) is 10.1. The maximum atomic E-state index is 5.69. The first kappa shape index (κ1) is 24.2. The molecule has 0 bridgehead atoms. The number of nitrogens with one attached hydrogen (secondary N) is 2. The molecule has 1 aliphatic rings. The van der Waals surface area contributed by atoms with Crippen LogP contribution in [0.5, 0.6) is 0 Å². The van der Waals surface area contributed by atoms with Gasteiger partial charge in [0.25, 0.3) is 0 Å². The summed E-state index contributed by atoms with van der Waals surface area (Å²) < 4.78 is 11.2. The topological polar surface area (TPSA) is 54.9 Å². The molecule has 2 unspecified atom stereocenters. The molecule has 0 aromatic heterocycles. The Morgan fingerprint density at radius 3 is 2.85 bits per heavy atom. The third-order valence-electron chi connectivity index (χ3n) is 4.48. The van der Waals surface area contributed by atoms with Gasteiger partial charge in [0.05, 0.1) is 12.7 Å². The van der Waals surface area contributed by atoms with Gasteiger partial charge in [0.15, 0.2) is 5.96 Å². The second kappa shape index (κ2) is 15.1. The van der Waals surface area contributed by atoms with E-state index in [-0.39, 0.29) is 24.0 Å². The fraction of sp³-hybridized carbons (Fsp3) is 0.667. The number of ether oxygens (including phenoxy) is 2. The summed E-state index contributed by atoms with van der Waals surface area (Å²) >= 11 is 0. The normalized spacial score (nSPS) is 18.0. The van der Waals surface area contributed by atoms with E-state index in [1.165, 1.54) is 12.0 Å².